The highest BCUT2D eigenvalue weighted by molar-refractivity contribution is 5.85. The van der Waals surface area contributed by atoms with Gasteiger partial charge >= 0.3 is 5.92 Å². The topological polar surface area (TPSA) is 67.7 Å². The van der Waals surface area contributed by atoms with Crippen LogP contribution >= 0.6 is 24.8 Å². The van der Waals surface area contributed by atoms with Crippen LogP contribution in [0.25, 0.3) is 11.4 Å². The van der Waals surface area contributed by atoms with Crippen molar-refractivity contribution in [2.45, 2.75) is 32.2 Å². The van der Waals surface area contributed by atoms with E-state index in [9.17, 15) is 8.78 Å². The van der Waals surface area contributed by atoms with E-state index in [-0.39, 0.29) is 36.5 Å². The number of pyridine rings is 1. The van der Waals surface area contributed by atoms with Gasteiger partial charge in [-0.25, -0.2) is 14.6 Å². The van der Waals surface area contributed by atoms with Crippen LogP contribution in [0.3, 0.4) is 0 Å². The molecule has 2 aromatic rings. The molecule has 0 amide bonds. The van der Waals surface area contributed by atoms with E-state index in [1.54, 1.807) is 0 Å². The van der Waals surface area contributed by atoms with Gasteiger partial charge in [0, 0.05) is 32.1 Å². The monoisotopic (exact) mass is 394 g/mol. The Kier molecular flexibility index (Phi) is 7.10. The number of nitrogens with zero attached hydrogens (tertiary/aromatic N) is 4. The first-order chi connectivity index (χ1) is 10.8. The van der Waals surface area contributed by atoms with E-state index < -0.39 is 5.92 Å². The molecule has 10 heteroatoms. The first kappa shape index (κ1) is 21.5. The third-order valence-corrected chi connectivity index (χ3v) is 3.89. The Bertz CT molecular complexity index is 711. The lowest BCUT2D eigenvalue weighted by Gasteiger charge is -2.13. The molecule has 25 heavy (non-hydrogen) atoms. The van der Waals surface area contributed by atoms with Gasteiger partial charge in [-0.05, 0) is 32.0 Å². The normalized spacial score (nSPS) is 16.9. The highest BCUT2D eigenvalue weighted by atomic mass is 35.5. The van der Waals surface area contributed by atoms with Crippen molar-refractivity contribution in [3.8, 4) is 11.4 Å². The molecule has 140 valence electrons. The Morgan fingerprint density at radius 1 is 1.28 bits per heavy atom. The summed E-state index contributed by atoms with van der Waals surface area (Å²) in [5.41, 5.74) is 1.36. The molecule has 6 nitrogen and oxygen atoms in total. The Hall–Kier alpha value is -1.51. The Morgan fingerprint density at radius 3 is 2.52 bits per heavy atom. The lowest BCUT2D eigenvalue weighted by molar-refractivity contribution is 0.00411. The number of hydrogen-bond donors (Lipinski definition) is 2. The molecule has 1 aliphatic rings. The standard InChI is InChI=1S/C15H20F2N6.2ClH/c1-9-11(13-21-14(15(2,16)17)23(3)22-13)4-5-12(19-9)20-10-6-7-18-8-10;;/h4-5,10,18H,6-8H2,1-3H3,(H,19,20);2*1H/t10-;;/m0../s1. The molecule has 0 spiro atoms. The van der Waals surface area contributed by atoms with E-state index in [0.29, 0.717) is 17.3 Å². The van der Waals surface area contributed by atoms with Crippen molar-refractivity contribution in [1.29, 1.82) is 0 Å². The number of aryl methyl sites for hydroxylation is 2. The van der Waals surface area contributed by atoms with Crippen LogP contribution in [0.5, 0.6) is 0 Å². The summed E-state index contributed by atoms with van der Waals surface area (Å²) in [6.45, 7) is 4.56. The van der Waals surface area contributed by atoms with Crippen LogP contribution in [0.4, 0.5) is 14.6 Å². The van der Waals surface area contributed by atoms with Gasteiger partial charge in [-0.15, -0.1) is 24.8 Å². The number of halogens is 4. The summed E-state index contributed by atoms with van der Waals surface area (Å²) in [6, 6.07) is 4.02. The maximum Gasteiger partial charge on any atom is 0.303 e. The van der Waals surface area contributed by atoms with E-state index >= 15 is 0 Å². The Balaban J connectivity index is 0.00000156. The van der Waals surface area contributed by atoms with E-state index in [4.69, 9.17) is 0 Å². The maximum absolute atomic E-state index is 13.5. The Labute approximate surface area is 157 Å². The van der Waals surface area contributed by atoms with E-state index in [1.807, 2.05) is 19.1 Å². The molecule has 0 unspecified atom stereocenters. The molecule has 1 fully saturated rings. The Morgan fingerprint density at radius 2 is 2.00 bits per heavy atom. The van der Waals surface area contributed by atoms with Gasteiger partial charge in [-0.2, -0.15) is 13.9 Å². The number of hydrogen-bond acceptors (Lipinski definition) is 5. The summed E-state index contributed by atoms with van der Waals surface area (Å²) in [4.78, 5) is 8.47. The van der Waals surface area contributed by atoms with Gasteiger partial charge in [0.1, 0.15) is 5.82 Å². The largest absolute Gasteiger partial charge is 0.366 e. The van der Waals surface area contributed by atoms with Crippen LogP contribution in [0, 0.1) is 6.92 Å². The second kappa shape index (κ2) is 8.25. The maximum atomic E-state index is 13.5. The summed E-state index contributed by atoms with van der Waals surface area (Å²) in [5.74, 6) is -2.34. The summed E-state index contributed by atoms with van der Waals surface area (Å²) < 4.78 is 28.1. The number of aromatic nitrogens is 4. The SMILES string of the molecule is Cc1nc(N[C@H]2CCNC2)ccc1-c1nc(C(C)(F)F)n(C)n1.Cl.Cl. The third-order valence-electron chi connectivity index (χ3n) is 3.89. The highest BCUT2D eigenvalue weighted by Crippen LogP contribution is 2.28. The van der Waals surface area contributed by atoms with Crippen LogP contribution in [-0.2, 0) is 13.0 Å². The number of rotatable bonds is 4. The molecule has 1 aliphatic heterocycles. The van der Waals surface area contributed by atoms with Crippen LogP contribution in [0.1, 0.15) is 24.9 Å². The highest BCUT2D eigenvalue weighted by Gasteiger charge is 2.31. The molecule has 3 heterocycles. The molecule has 3 rings (SSSR count). The van der Waals surface area contributed by atoms with Gasteiger partial charge in [0.2, 0.25) is 0 Å². The number of anilines is 1. The van der Waals surface area contributed by atoms with Gasteiger partial charge in [-0.3, -0.25) is 0 Å². The minimum Gasteiger partial charge on any atom is -0.366 e. The zero-order valence-corrected chi connectivity index (χ0v) is 15.8. The van der Waals surface area contributed by atoms with Gasteiger partial charge in [0.25, 0.3) is 0 Å². The fraction of sp³-hybridized carbons (Fsp3) is 0.533. The molecule has 2 aromatic heterocycles. The van der Waals surface area contributed by atoms with E-state index in [2.05, 4.69) is 25.7 Å². The van der Waals surface area contributed by atoms with Gasteiger partial charge in [0.15, 0.2) is 11.6 Å². The number of nitrogens with one attached hydrogen (secondary N) is 2. The van der Waals surface area contributed by atoms with Crippen molar-refractivity contribution in [2.24, 2.45) is 7.05 Å². The van der Waals surface area contributed by atoms with Crippen LogP contribution in [0.15, 0.2) is 12.1 Å². The lowest BCUT2D eigenvalue weighted by Crippen LogP contribution is -2.22. The lowest BCUT2D eigenvalue weighted by atomic mass is 10.2. The van der Waals surface area contributed by atoms with Crippen molar-refractivity contribution in [2.75, 3.05) is 18.4 Å². The zero-order valence-electron chi connectivity index (χ0n) is 14.2. The molecule has 1 saturated heterocycles. The van der Waals surface area contributed by atoms with Gasteiger partial charge in [0.05, 0.1) is 5.69 Å². The average Bonchev–Trinajstić information content (AvgIpc) is 3.08. The minimum absolute atomic E-state index is 0. The van der Waals surface area contributed by atoms with E-state index in [1.165, 1.54) is 7.05 Å². The van der Waals surface area contributed by atoms with Crippen molar-refractivity contribution < 1.29 is 8.78 Å². The van der Waals surface area contributed by atoms with Gasteiger partial charge < -0.3 is 10.6 Å². The molecule has 1 atom stereocenters. The first-order valence-electron chi connectivity index (χ1n) is 7.59. The quantitative estimate of drug-likeness (QED) is 0.834. The average molecular weight is 395 g/mol. The molecule has 0 aromatic carbocycles. The number of alkyl halides is 2. The molecule has 0 bridgehead atoms. The summed E-state index contributed by atoms with van der Waals surface area (Å²) in [7, 11) is 1.47. The minimum atomic E-state index is -3.03. The fourth-order valence-electron chi connectivity index (χ4n) is 2.75. The summed E-state index contributed by atoms with van der Waals surface area (Å²) >= 11 is 0. The van der Waals surface area contributed by atoms with Crippen molar-refractivity contribution in [1.82, 2.24) is 25.1 Å². The molecular weight excluding hydrogens is 373 g/mol. The fourth-order valence-corrected chi connectivity index (χ4v) is 2.75. The second-order valence-corrected chi connectivity index (χ2v) is 5.93. The van der Waals surface area contributed by atoms with Crippen molar-refractivity contribution in [3.63, 3.8) is 0 Å². The molecule has 2 N–H and O–H groups in total. The van der Waals surface area contributed by atoms with Crippen LogP contribution in [-0.4, -0.2) is 38.9 Å². The predicted octanol–water partition coefficient (Wildman–Crippen LogP) is 2.91. The molecular formula is C15H22Cl2F2N6. The zero-order chi connectivity index (χ0) is 16.6. The second-order valence-electron chi connectivity index (χ2n) is 5.93. The van der Waals surface area contributed by atoms with Gasteiger partial charge in [-0.1, -0.05) is 0 Å². The van der Waals surface area contributed by atoms with Crippen molar-refractivity contribution >= 4 is 30.6 Å². The van der Waals surface area contributed by atoms with Crippen LogP contribution < -0.4 is 10.6 Å². The first-order valence-corrected chi connectivity index (χ1v) is 7.59. The van der Waals surface area contributed by atoms with E-state index in [0.717, 1.165) is 36.9 Å². The smallest absolute Gasteiger partial charge is 0.303 e. The summed E-state index contributed by atoms with van der Waals surface area (Å²) in [5, 5.41) is 10.7. The van der Waals surface area contributed by atoms with Crippen LogP contribution in [0.2, 0.25) is 0 Å². The molecule has 0 radical (unpaired) electrons. The molecule has 0 aliphatic carbocycles. The predicted molar refractivity (Wildman–Crippen MR) is 97.9 cm³/mol. The van der Waals surface area contributed by atoms with Crippen molar-refractivity contribution in [3.05, 3.63) is 23.7 Å². The summed E-state index contributed by atoms with van der Waals surface area (Å²) in [6.07, 6.45) is 1.05. The molecule has 0 saturated carbocycles. The third kappa shape index (κ3) is 4.77.